The zero-order chi connectivity index (χ0) is 17.6. The Morgan fingerprint density at radius 1 is 1.00 bits per heavy atom. The van der Waals surface area contributed by atoms with Crippen LogP contribution in [0.1, 0.15) is 60.4 Å². The molecule has 136 valence electrons. The third-order valence-electron chi connectivity index (χ3n) is 5.49. The van der Waals surface area contributed by atoms with Crippen LogP contribution in [0.25, 0.3) is 0 Å². The predicted molar refractivity (Wildman–Crippen MR) is 96.9 cm³/mol. The van der Waals surface area contributed by atoms with E-state index in [4.69, 9.17) is 5.11 Å². The molecule has 5 nitrogen and oxygen atoms in total. The van der Waals surface area contributed by atoms with Crippen LogP contribution in [0.5, 0.6) is 0 Å². The van der Waals surface area contributed by atoms with Gasteiger partial charge in [0.2, 0.25) is 5.91 Å². The van der Waals surface area contributed by atoms with Crippen molar-refractivity contribution in [3.05, 3.63) is 35.4 Å². The van der Waals surface area contributed by atoms with Gasteiger partial charge in [-0.2, -0.15) is 0 Å². The van der Waals surface area contributed by atoms with Gasteiger partial charge in [-0.15, -0.1) is 0 Å². The molecule has 0 aliphatic carbocycles. The van der Waals surface area contributed by atoms with Crippen LogP contribution in [0.2, 0.25) is 0 Å². The second-order valence-corrected chi connectivity index (χ2v) is 7.26. The van der Waals surface area contributed by atoms with Gasteiger partial charge < -0.3 is 14.9 Å². The molecule has 0 saturated carbocycles. The maximum absolute atomic E-state index is 12.6. The molecule has 2 aliphatic heterocycles. The fraction of sp³-hybridized carbons (Fsp3) is 0.600. The largest absolute Gasteiger partial charge is 0.478 e. The second-order valence-electron chi connectivity index (χ2n) is 7.26. The first-order valence-corrected chi connectivity index (χ1v) is 9.47. The van der Waals surface area contributed by atoms with Gasteiger partial charge in [0.15, 0.2) is 0 Å². The van der Waals surface area contributed by atoms with Gasteiger partial charge in [-0.3, -0.25) is 4.79 Å². The Bertz CT molecular complexity index is 593. The average molecular weight is 344 g/mol. The van der Waals surface area contributed by atoms with Gasteiger partial charge in [0.25, 0.3) is 0 Å². The smallest absolute Gasteiger partial charge is 0.335 e. The highest BCUT2D eigenvalue weighted by molar-refractivity contribution is 5.87. The van der Waals surface area contributed by atoms with Crippen molar-refractivity contribution in [2.24, 2.45) is 0 Å². The summed E-state index contributed by atoms with van der Waals surface area (Å²) in [7, 11) is 0. The van der Waals surface area contributed by atoms with Crippen molar-refractivity contribution in [2.45, 2.75) is 44.4 Å². The summed E-state index contributed by atoms with van der Waals surface area (Å²) in [5, 5.41) is 9.01. The molecule has 2 fully saturated rings. The maximum Gasteiger partial charge on any atom is 0.335 e. The monoisotopic (exact) mass is 344 g/mol. The number of carbonyl (C=O) groups excluding carboxylic acids is 1. The molecule has 3 rings (SSSR count). The molecule has 2 heterocycles. The van der Waals surface area contributed by atoms with E-state index in [0.29, 0.717) is 17.9 Å². The fourth-order valence-corrected chi connectivity index (χ4v) is 3.97. The first kappa shape index (κ1) is 17.9. The summed E-state index contributed by atoms with van der Waals surface area (Å²) in [4.78, 5) is 28.0. The fourth-order valence-electron chi connectivity index (χ4n) is 3.97. The molecule has 1 atom stereocenters. The third kappa shape index (κ3) is 4.82. The molecule has 1 amide bonds. The molecular weight excluding hydrogens is 316 g/mol. The number of amides is 1. The zero-order valence-electron chi connectivity index (χ0n) is 14.8. The van der Waals surface area contributed by atoms with E-state index in [9.17, 15) is 9.59 Å². The molecule has 1 unspecified atom stereocenters. The van der Waals surface area contributed by atoms with Crippen LogP contribution in [-0.2, 0) is 4.79 Å². The lowest BCUT2D eigenvalue weighted by atomic mass is 9.90. The molecule has 0 aromatic heterocycles. The van der Waals surface area contributed by atoms with Crippen molar-refractivity contribution in [1.29, 1.82) is 0 Å². The van der Waals surface area contributed by atoms with E-state index >= 15 is 0 Å². The third-order valence-corrected chi connectivity index (χ3v) is 5.49. The van der Waals surface area contributed by atoms with E-state index in [0.717, 1.165) is 51.1 Å². The molecule has 2 saturated heterocycles. The van der Waals surface area contributed by atoms with Gasteiger partial charge in [-0.1, -0.05) is 18.6 Å². The number of carboxylic acids is 1. The van der Waals surface area contributed by atoms with Gasteiger partial charge >= 0.3 is 5.97 Å². The number of carbonyl (C=O) groups is 2. The van der Waals surface area contributed by atoms with Crippen LogP contribution in [0.4, 0.5) is 0 Å². The number of hydrogen-bond acceptors (Lipinski definition) is 3. The van der Waals surface area contributed by atoms with Crippen LogP contribution in [-0.4, -0.2) is 59.5 Å². The Hall–Kier alpha value is -1.88. The lowest BCUT2D eigenvalue weighted by Gasteiger charge is -2.34. The molecule has 5 heteroatoms. The van der Waals surface area contributed by atoms with Gasteiger partial charge in [-0.25, -0.2) is 4.79 Å². The minimum atomic E-state index is -0.898. The summed E-state index contributed by atoms with van der Waals surface area (Å²) in [5.41, 5.74) is 1.45. The quantitative estimate of drug-likeness (QED) is 0.892. The minimum absolute atomic E-state index is 0.262. The predicted octanol–water partition coefficient (Wildman–Crippen LogP) is 2.97. The van der Waals surface area contributed by atoms with Crippen molar-refractivity contribution in [1.82, 2.24) is 9.80 Å². The second kappa shape index (κ2) is 8.48. The lowest BCUT2D eigenvalue weighted by Crippen LogP contribution is -2.41. The number of benzene rings is 1. The van der Waals surface area contributed by atoms with Gasteiger partial charge in [0, 0.05) is 32.0 Å². The molecule has 25 heavy (non-hydrogen) atoms. The number of nitrogens with zero attached hydrogens (tertiary/aromatic N) is 2. The SMILES string of the molecule is O=C(O)c1ccc(C2CCCN(C(=O)CCN3CCCCC3)C2)cc1. The van der Waals surface area contributed by atoms with Crippen LogP contribution in [0.15, 0.2) is 24.3 Å². The van der Waals surface area contributed by atoms with E-state index in [1.807, 2.05) is 17.0 Å². The van der Waals surface area contributed by atoms with Crippen molar-refractivity contribution in [2.75, 3.05) is 32.7 Å². The van der Waals surface area contributed by atoms with E-state index in [1.54, 1.807) is 12.1 Å². The molecule has 1 aromatic rings. The Morgan fingerprint density at radius 2 is 1.72 bits per heavy atom. The summed E-state index contributed by atoms with van der Waals surface area (Å²) in [6.45, 7) is 4.75. The summed E-state index contributed by atoms with van der Waals surface area (Å²) >= 11 is 0. The average Bonchev–Trinajstić information content (AvgIpc) is 2.67. The number of hydrogen-bond donors (Lipinski definition) is 1. The van der Waals surface area contributed by atoms with E-state index in [2.05, 4.69) is 4.90 Å². The van der Waals surface area contributed by atoms with Gasteiger partial charge in [0.1, 0.15) is 0 Å². The molecule has 0 spiro atoms. The number of rotatable bonds is 5. The number of piperidine rings is 2. The Labute approximate surface area is 149 Å². The first-order chi connectivity index (χ1) is 12.1. The highest BCUT2D eigenvalue weighted by Gasteiger charge is 2.25. The van der Waals surface area contributed by atoms with Crippen molar-refractivity contribution in [3.63, 3.8) is 0 Å². The molecule has 1 aromatic carbocycles. The van der Waals surface area contributed by atoms with Crippen LogP contribution >= 0.6 is 0 Å². The standard InChI is InChI=1S/C20H28N2O3/c23-19(10-14-21-11-2-1-3-12-21)22-13-4-5-18(15-22)16-6-8-17(9-7-16)20(24)25/h6-9,18H,1-5,10-15H2,(H,24,25). The van der Waals surface area contributed by atoms with E-state index < -0.39 is 5.97 Å². The van der Waals surface area contributed by atoms with Crippen molar-refractivity contribution < 1.29 is 14.7 Å². The van der Waals surface area contributed by atoms with E-state index in [1.165, 1.54) is 19.3 Å². The Balaban J connectivity index is 1.53. The van der Waals surface area contributed by atoms with Crippen LogP contribution in [0.3, 0.4) is 0 Å². The molecule has 1 N–H and O–H groups in total. The van der Waals surface area contributed by atoms with Crippen LogP contribution in [0, 0.1) is 0 Å². The molecule has 2 aliphatic rings. The number of carboxylic acid groups (broad SMARTS) is 1. The molecule has 0 radical (unpaired) electrons. The lowest BCUT2D eigenvalue weighted by molar-refractivity contribution is -0.132. The highest BCUT2D eigenvalue weighted by atomic mass is 16.4. The highest BCUT2D eigenvalue weighted by Crippen LogP contribution is 2.27. The van der Waals surface area contributed by atoms with Crippen LogP contribution < -0.4 is 0 Å². The Kier molecular flexibility index (Phi) is 6.08. The van der Waals surface area contributed by atoms with Crippen molar-refractivity contribution in [3.8, 4) is 0 Å². The first-order valence-electron chi connectivity index (χ1n) is 9.47. The summed E-state index contributed by atoms with van der Waals surface area (Å²) in [6, 6.07) is 7.12. The molecule has 0 bridgehead atoms. The number of aromatic carboxylic acids is 1. The van der Waals surface area contributed by atoms with E-state index in [-0.39, 0.29) is 5.91 Å². The van der Waals surface area contributed by atoms with Crippen molar-refractivity contribution >= 4 is 11.9 Å². The number of likely N-dealkylation sites (tertiary alicyclic amines) is 2. The zero-order valence-corrected chi connectivity index (χ0v) is 14.8. The maximum atomic E-state index is 12.6. The Morgan fingerprint density at radius 3 is 2.40 bits per heavy atom. The summed E-state index contributed by atoms with van der Waals surface area (Å²) < 4.78 is 0. The topological polar surface area (TPSA) is 60.9 Å². The normalized spacial score (nSPS) is 21.9. The summed E-state index contributed by atoms with van der Waals surface area (Å²) in [5.74, 6) is -0.322. The summed E-state index contributed by atoms with van der Waals surface area (Å²) in [6.07, 6.45) is 6.52. The van der Waals surface area contributed by atoms with Gasteiger partial charge in [0.05, 0.1) is 5.56 Å². The van der Waals surface area contributed by atoms with Gasteiger partial charge in [-0.05, 0) is 56.5 Å². The molecular formula is C20H28N2O3. The minimum Gasteiger partial charge on any atom is -0.478 e.